The summed E-state index contributed by atoms with van der Waals surface area (Å²) < 4.78 is 26.7. The van der Waals surface area contributed by atoms with Crippen LogP contribution in [0.2, 0.25) is 0 Å². The topological polar surface area (TPSA) is 73.2 Å². The van der Waals surface area contributed by atoms with Crippen molar-refractivity contribution in [2.24, 2.45) is 0 Å². The molecule has 1 aromatic rings. The Morgan fingerprint density at radius 1 is 1.45 bits per heavy atom. The van der Waals surface area contributed by atoms with Gasteiger partial charge in [0.15, 0.2) is 0 Å². The zero-order chi connectivity index (χ0) is 14.6. The molecule has 0 saturated carbocycles. The van der Waals surface area contributed by atoms with E-state index in [1.54, 1.807) is 28.6 Å². The lowest BCUT2D eigenvalue weighted by Gasteiger charge is -2.37. The summed E-state index contributed by atoms with van der Waals surface area (Å²) in [7, 11) is -3.34. The van der Waals surface area contributed by atoms with Gasteiger partial charge in [0.2, 0.25) is 10.0 Å². The highest BCUT2D eigenvalue weighted by atomic mass is 32.2. The van der Waals surface area contributed by atoms with Crippen molar-refractivity contribution in [1.82, 2.24) is 9.62 Å². The molecule has 0 aromatic heterocycles. The Morgan fingerprint density at radius 2 is 2.20 bits per heavy atom. The largest absolute Gasteiger partial charge is 0.313 e. The molecular formula is C14H19N3O2S. The summed E-state index contributed by atoms with van der Waals surface area (Å²) in [4.78, 5) is 0. The van der Waals surface area contributed by atoms with E-state index in [1.165, 1.54) is 0 Å². The maximum atomic E-state index is 12.5. The lowest BCUT2D eigenvalue weighted by atomic mass is 10.2. The van der Waals surface area contributed by atoms with Crippen LogP contribution < -0.4 is 5.32 Å². The number of hydrogen-bond donors (Lipinski definition) is 1. The zero-order valence-electron chi connectivity index (χ0n) is 11.5. The van der Waals surface area contributed by atoms with E-state index in [2.05, 4.69) is 5.32 Å². The molecule has 6 heteroatoms. The van der Waals surface area contributed by atoms with E-state index in [0.29, 0.717) is 17.7 Å². The number of nitriles is 1. The summed E-state index contributed by atoms with van der Waals surface area (Å²) in [6.45, 7) is 3.96. The predicted octanol–water partition coefficient (Wildman–Crippen LogP) is 1.07. The Morgan fingerprint density at radius 3 is 2.75 bits per heavy atom. The molecule has 0 bridgehead atoms. The van der Waals surface area contributed by atoms with Gasteiger partial charge in [0.05, 0.1) is 17.4 Å². The van der Waals surface area contributed by atoms with Gasteiger partial charge in [-0.2, -0.15) is 9.57 Å². The van der Waals surface area contributed by atoms with E-state index in [-0.39, 0.29) is 11.8 Å². The van der Waals surface area contributed by atoms with Gasteiger partial charge in [-0.15, -0.1) is 0 Å². The Kier molecular flexibility index (Phi) is 4.76. The molecule has 1 saturated heterocycles. The normalized spacial score (nSPS) is 15.8. The Bertz CT molecular complexity index is 603. The number of sulfonamides is 1. The fourth-order valence-corrected chi connectivity index (χ4v) is 4.10. The molecule has 0 aliphatic carbocycles. The summed E-state index contributed by atoms with van der Waals surface area (Å²) in [6, 6.07) is 8.89. The summed E-state index contributed by atoms with van der Waals surface area (Å²) in [5.41, 5.74) is 1.16. The van der Waals surface area contributed by atoms with Gasteiger partial charge in [-0.05, 0) is 24.1 Å². The van der Waals surface area contributed by atoms with Gasteiger partial charge in [0.1, 0.15) is 0 Å². The van der Waals surface area contributed by atoms with Gasteiger partial charge in [-0.3, -0.25) is 0 Å². The minimum Gasteiger partial charge on any atom is -0.313 e. The predicted molar refractivity (Wildman–Crippen MR) is 77.4 cm³/mol. The molecule has 0 amide bonds. The molecule has 1 heterocycles. The molecule has 1 N–H and O–H groups in total. The highest BCUT2D eigenvalue weighted by Gasteiger charge is 2.32. The third-order valence-electron chi connectivity index (χ3n) is 3.37. The zero-order valence-corrected chi connectivity index (χ0v) is 12.4. The fourth-order valence-electron chi connectivity index (χ4n) is 2.27. The van der Waals surface area contributed by atoms with Crippen LogP contribution in [0.3, 0.4) is 0 Å². The molecule has 2 rings (SSSR count). The molecule has 20 heavy (non-hydrogen) atoms. The first-order valence-corrected chi connectivity index (χ1v) is 8.37. The summed E-state index contributed by atoms with van der Waals surface area (Å²) in [5.74, 6) is -0.0426. The van der Waals surface area contributed by atoms with Crippen LogP contribution in [0.1, 0.15) is 24.5 Å². The minimum absolute atomic E-state index is 0.0426. The van der Waals surface area contributed by atoms with Gasteiger partial charge < -0.3 is 5.32 Å². The number of nitrogens with one attached hydrogen (secondary N) is 1. The first-order chi connectivity index (χ1) is 9.56. The van der Waals surface area contributed by atoms with Gasteiger partial charge in [0, 0.05) is 25.7 Å². The second kappa shape index (κ2) is 6.35. The molecule has 1 aliphatic rings. The van der Waals surface area contributed by atoms with Crippen LogP contribution >= 0.6 is 0 Å². The molecule has 1 aromatic carbocycles. The van der Waals surface area contributed by atoms with E-state index < -0.39 is 10.0 Å². The maximum Gasteiger partial charge on any atom is 0.218 e. The molecule has 0 unspecified atom stereocenters. The van der Waals surface area contributed by atoms with Crippen LogP contribution in [0.4, 0.5) is 0 Å². The molecule has 5 nitrogen and oxygen atoms in total. The standard InChI is InChI=1S/C14H19N3O2S/c1-2-6-17(14-9-16-10-14)20(18,19)11-13-5-3-4-12(7-13)8-15/h3-5,7,14,16H,2,6,9-11H2,1H3. The Balaban J connectivity index is 2.17. The van der Waals surface area contributed by atoms with Crippen LogP contribution in [-0.4, -0.2) is 38.4 Å². The van der Waals surface area contributed by atoms with Gasteiger partial charge in [0.25, 0.3) is 0 Å². The Labute approximate surface area is 120 Å². The monoisotopic (exact) mass is 293 g/mol. The highest BCUT2D eigenvalue weighted by molar-refractivity contribution is 7.88. The lowest BCUT2D eigenvalue weighted by molar-refractivity contribution is 0.241. The van der Waals surface area contributed by atoms with Crippen LogP contribution in [0.25, 0.3) is 0 Å². The van der Waals surface area contributed by atoms with Crippen molar-refractivity contribution in [3.63, 3.8) is 0 Å². The van der Waals surface area contributed by atoms with Crippen molar-refractivity contribution in [3.05, 3.63) is 35.4 Å². The smallest absolute Gasteiger partial charge is 0.218 e. The quantitative estimate of drug-likeness (QED) is 0.851. The van der Waals surface area contributed by atoms with E-state index in [9.17, 15) is 8.42 Å². The Hall–Kier alpha value is -1.42. The number of benzene rings is 1. The average Bonchev–Trinajstić information content (AvgIpc) is 2.36. The van der Waals surface area contributed by atoms with E-state index >= 15 is 0 Å². The van der Waals surface area contributed by atoms with Crippen LogP contribution in [0.15, 0.2) is 24.3 Å². The SMILES string of the molecule is CCCN(C1CNC1)S(=O)(=O)Cc1cccc(C#N)c1. The van der Waals surface area contributed by atoms with E-state index in [1.807, 2.05) is 13.0 Å². The van der Waals surface area contributed by atoms with E-state index in [0.717, 1.165) is 19.5 Å². The highest BCUT2D eigenvalue weighted by Crippen LogP contribution is 2.17. The molecule has 1 aliphatic heterocycles. The van der Waals surface area contributed by atoms with Crippen molar-refractivity contribution in [1.29, 1.82) is 5.26 Å². The van der Waals surface area contributed by atoms with Gasteiger partial charge in [-0.25, -0.2) is 8.42 Å². The van der Waals surface area contributed by atoms with Crippen molar-refractivity contribution >= 4 is 10.0 Å². The first kappa shape index (κ1) is 15.0. The molecule has 0 radical (unpaired) electrons. The van der Waals surface area contributed by atoms with Crippen molar-refractivity contribution < 1.29 is 8.42 Å². The number of rotatable bonds is 6. The van der Waals surface area contributed by atoms with Crippen LogP contribution in [-0.2, 0) is 15.8 Å². The first-order valence-electron chi connectivity index (χ1n) is 6.76. The van der Waals surface area contributed by atoms with Crippen molar-refractivity contribution in [3.8, 4) is 6.07 Å². The lowest BCUT2D eigenvalue weighted by Crippen LogP contribution is -2.59. The molecule has 1 fully saturated rings. The average molecular weight is 293 g/mol. The molecule has 108 valence electrons. The number of nitrogens with zero attached hydrogens (tertiary/aromatic N) is 2. The third-order valence-corrected chi connectivity index (χ3v) is 5.27. The maximum absolute atomic E-state index is 12.5. The number of hydrogen-bond acceptors (Lipinski definition) is 4. The minimum atomic E-state index is -3.34. The van der Waals surface area contributed by atoms with E-state index in [4.69, 9.17) is 5.26 Å². The second-order valence-electron chi connectivity index (χ2n) is 4.99. The molecular weight excluding hydrogens is 274 g/mol. The van der Waals surface area contributed by atoms with Gasteiger partial charge in [-0.1, -0.05) is 19.1 Å². The van der Waals surface area contributed by atoms with Crippen LogP contribution in [0.5, 0.6) is 0 Å². The summed E-state index contributed by atoms with van der Waals surface area (Å²) in [5, 5.41) is 12.0. The van der Waals surface area contributed by atoms with Crippen molar-refractivity contribution in [2.45, 2.75) is 25.1 Å². The van der Waals surface area contributed by atoms with Gasteiger partial charge >= 0.3 is 0 Å². The fraction of sp³-hybridized carbons (Fsp3) is 0.500. The molecule has 0 spiro atoms. The van der Waals surface area contributed by atoms with Crippen molar-refractivity contribution in [2.75, 3.05) is 19.6 Å². The second-order valence-corrected chi connectivity index (χ2v) is 6.91. The third kappa shape index (κ3) is 3.37. The summed E-state index contributed by atoms with van der Waals surface area (Å²) >= 11 is 0. The molecule has 0 atom stereocenters. The summed E-state index contributed by atoms with van der Waals surface area (Å²) in [6.07, 6.45) is 0.800. The van der Waals surface area contributed by atoms with Crippen LogP contribution in [0, 0.1) is 11.3 Å².